The Kier molecular flexibility index (Phi) is 5.55. The van der Waals surface area contributed by atoms with Gasteiger partial charge < -0.3 is 24.9 Å². The fourth-order valence-electron chi connectivity index (χ4n) is 3.90. The molecule has 5 rings (SSSR count). The molecule has 9 nitrogen and oxygen atoms in total. The van der Waals surface area contributed by atoms with Gasteiger partial charge in [0.1, 0.15) is 18.2 Å². The molecular formula is C21H22ClF2N7O2. The van der Waals surface area contributed by atoms with Gasteiger partial charge in [0.2, 0.25) is 0 Å². The molecule has 4 atom stereocenters. The molecule has 3 aromatic heterocycles. The molecule has 1 aliphatic carbocycles. The quantitative estimate of drug-likeness (QED) is 0.287. The third-order valence-corrected chi connectivity index (χ3v) is 6.01. The van der Waals surface area contributed by atoms with Gasteiger partial charge >= 0.3 is 0 Å². The lowest BCUT2D eigenvalue weighted by Crippen LogP contribution is -2.22. The summed E-state index contributed by atoms with van der Waals surface area (Å²) in [5.41, 5.74) is 1.94. The van der Waals surface area contributed by atoms with Crippen molar-refractivity contribution in [1.29, 1.82) is 0 Å². The third-order valence-electron chi connectivity index (χ3n) is 5.66. The Balaban J connectivity index is 1.52. The van der Waals surface area contributed by atoms with E-state index in [0.717, 1.165) is 0 Å². The second kappa shape index (κ2) is 8.40. The average molecular weight is 478 g/mol. The number of methoxy groups -OCH3 is 1. The molecule has 0 spiro atoms. The van der Waals surface area contributed by atoms with E-state index < -0.39 is 24.1 Å². The first-order valence-corrected chi connectivity index (χ1v) is 10.8. The standard InChI is InChI=1S/C21H22ClF2N7O2/c1-9(8-33-2)27-20-18(24)17(22)16(11-4-26-30-19(11)20)13-6-31-7-14(28-15(31)5-25-13)29-21(32)10-3-12(10)23/h4-7,9-10,12,21,27,29,32H,3,8H2,1-2H3,(H,26,30)/t9?,10-,12+,21?/m1/s1. The lowest BCUT2D eigenvalue weighted by Gasteiger charge is -2.18. The number of ether oxygens (including phenoxy) is 1. The van der Waals surface area contributed by atoms with Gasteiger partial charge in [-0.25, -0.2) is 13.8 Å². The van der Waals surface area contributed by atoms with Gasteiger partial charge in [-0.05, 0) is 13.3 Å². The number of aliphatic hydroxyl groups is 1. The highest BCUT2D eigenvalue weighted by molar-refractivity contribution is 6.35. The molecule has 0 radical (unpaired) electrons. The topological polar surface area (TPSA) is 112 Å². The number of benzene rings is 1. The summed E-state index contributed by atoms with van der Waals surface area (Å²) in [5.74, 6) is -0.689. The van der Waals surface area contributed by atoms with Gasteiger partial charge in [0.25, 0.3) is 0 Å². The van der Waals surface area contributed by atoms with E-state index in [0.29, 0.717) is 46.7 Å². The van der Waals surface area contributed by atoms with Crippen molar-refractivity contribution in [3.8, 4) is 11.3 Å². The Morgan fingerprint density at radius 2 is 2.15 bits per heavy atom. The number of rotatable bonds is 8. The summed E-state index contributed by atoms with van der Waals surface area (Å²) in [6, 6.07) is -0.164. The largest absolute Gasteiger partial charge is 0.383 e. The van der Waals surface area contributed by atoms with E-state index in [2.05, 4.69) is 30.8 Å². The van der Waals surface area contributed by atoms with Gasteiger partial charge in [-0.2, -0.15) is 5.10 Å². The summed E-state index contributed by atoms with van der Waals surface area (Å²) in [6.07, 6.45) is 4.67. The number of hydrogen-bond donors (Lipinski definition) is 4. The maximum absolute atomic E-state index is 15.3. The minimum absolute atomic E-state index is 0.0977. The fourth-order valence-corrected chi connectivity index (χ4v) is 4.20. The molecule has 2 unspecified atom stereocenters. The summed E-state index contributed by atoms with van der Waals surface area (Å²) in [4.78, 5) is 8.75. The highest BCUT2D eigenvalue weighted by Gasteiger charge is 2.43. The van der Waals surface area contributed by atoms with Crippen LogP contribution in [0.5, 0.6) is 0 Å². The van der Waals surface area contributed by atoms with Crippen molar-refractivity contribution < 1.29 is 18.6 Å². The Morgan fingerprint density at radius 1 is 1.36 bits per heavy atom. The molecule has 1 fully saturated rings. The fraction of sp³-hybridized carbons (Fsp3) is 0.381. The Hall–Kier alpha value is -3.02. The molecule has 1 aromatic carbocycles. The summed E-state index contributed by atoms with van der Waals surface area (Å²) < 4.78 is 35.3. The van der Waals surface area contributed by atoms with Gasteiger partial charge in [-0.15, -0.1) is 0 Å². The van der Waals surface area contributed by atoms with Crippen LogP contribution in [0.1, 0.15) is 13.3 Å². The number of nitrogens with one attached hydrogen (secondary N) is 3. The van der Waals surface area contributed by atoms with Crippen molar-refractivity contribution in [2.45, 2.75) is 31.8 Å². The van der Waals surface area contributed by atoms with E-state index in [1.165, 1.54) is 6.20 Å². The molecule has 4 aromatic rings. The second-order valence-corrected chi connectivity index (χ2v) is 8.58. The first kappa shape index (κ1) is 21.8. The first-order valence-electron chi connectivity index (χ1n) is 10.4. The molecular weight excluding hydrogens is 456 g/mol. The van der Waals surface area contributed by atoms with Gasteiger partial charge in [-0.1, -0.05) is 11.6 Å². The van der Waals surface area contributed by atoms with Crippen LogP contribution in [0.3, 0.4) is 0 Å². The highest BCUT2D eigenvalue weighted by atomic mass is 35.5. The molecule has 0 amide bonds. The number of aliphatic hydroxyl groups excluding tert-OH is 1. The number of anilines is 2. The summed E-state index contributed by atoms with van der Waals surface area (Å²) >= 11 is 6.48. The van der Waals surface area contributed by atoms with Crippen molar-refractivity contribution in [2.24, 2.45) is 5.92 Å². The molecule has 1 saturated carbocycles. The number of H-pyrrole nitrogens is 1. The van der Waals surface area contributed by atoms with Crippen molar-refractivity contribution in [2.75, 3.05) is 24.4 Å². The molecule has 3 heterocycles. The first-order chi connectivity index (χ1) is 15.9. The van der Waals surface area contributed by atoms with Crippen LogP contribution in [-0.4, -0.2) is 61.8 Å². The number of aromatic nitrogens is 5. The summed E-state index contributed by atoms with van der Waals surface area (Å²) in [5, 5.41) is 23.3. The number of halogens is 3. The normalized spacial score (nSPS) is 19.7. The maximum Gasteiger partial charge on any atom is 0.167 e. The van der Waals surface area contributed by atoms with Crippen LogP contribution in [-0.2, 0) is 4.74 Å². The summed E-state index contributed by atoms with van der Waals surface area (Å²) in [6.45, 7) is 2.24. The molecule has 12 heteroatoms. The summed E-state index contributed by atoms with van der Waals surface area (Å²) in [7, 11) is 1.57. The monoisotopic (exact) mass is 477 g/mol. The van der Waals surface area contributed by atoms with Gasteiger partial charge in [0.05, 0.1) is 47.1 Å². The minimum Gasteiger partial charge on any atom is -0.383 e. The number of nitrogens with zero attached hydrogens (tertiary/aromatic N) is 4. The zero-order valence-electron chi connectivity index (χ0n) is 17.8. The SMILES string of the molecule is COCC(C)Nc1c(F)c(Cl)c(-c2cn3cc(NC(O)[C@@H]4C[C@@H]4F)nc3cn2)c2cn[nH]c12. The van der Waals surface area contributed by atoms with Crippen molar-refractivity contribution in [3.05, 3.63) is 35.6 Å². The van der Waals surface area contributed by atoms with Crippen LogP contribution in [0, 0.1) is 11.7 Å². The number of alkyl halides is 1. The van der Waals surface area contributed by atoms with Crippen LogP contribution in [0.4, 0.5) is 20.3 Å². The molecule has 0 saturated heterocycles. The van der Waals surface area contributed by atoms with Gasteiger partial charge in [-0.3, -0.25) is 10.1 Å². The third kappa shape index (κ3) is 3.96. The lowest BCUT2D eigenvalue weighted by atomic mass is 10.0. The van der Waals surface area contributed by atoms with E-state index in [9.17, 15) is 9.50 Å². The van der Waals surface area contributed by atoms with Crippen molar-refractivity contribution in [1.82, 2.24) is 24.6 Å². The Morgan fingerprint density at radius 3 is 2.88 bits per heavy atom. The van der Waals surface area contributed by atoms with E-state index in [4.69, 9.17) is 16.3 Å². The van der Waals surface area contributed by atoms with Gasteiger partial charge in [0, 0.05) is 36.2 Å². The van der Waals surface area contributed by atoms with Crippen LogP contribution < -0.4 is 10.6 Å². The predicted octanol–water partition coefficient (Wildman–Crippen LogP) is 3.60. The number of fused-ring (bicyclic) bond motifs is 2. The van der Waals surface area contributed by atoms with E-state index >= 15 is 4.39 Å². The zero-order valence-corrected chi connectivity index (χ0v) is 18.6. The molecule has 174 valence electrons. The van der Waals surface area contributed by atoms with Crippen LogP contribution in [0.2, 0.25) is 5.02 Å². The molecule has 33 heavy (non-hydrogen) atoms. The van der Waals surface area contributed by atoms with Crippen LogP contribution in [0.25, 0.3) is 27.8 Å². The van der Waals surface area contributed by atoms with Crippen LogP contribution in [0.15, 0.2) is 24.8 Å². The average Bonchev–Trinajstić information content (AvgIpc) is 3.15. The molecule has 0 bridgehead atoms. The van der Waals surface area contributed by atoms with Crippen LogP contribution >= 0.6 is 11.6 Å². The Bertz CT molecular complexity index is 1330. The number of hydrogen-bond acceptors (Lipinski definition) is 7. The van der Waals surface area contributed by atoms with Gasteiger partial charge in [0.15, 0.2) is 11.5 Å². The minimum atomic E-state index is -1.02. The highest BCUT2D eigenvalue weighted by Crippen LogP contribution is 2.41. The number of aromatic amines is 1. The molecule has 1 aliphatic rings. The van der Waals surface area contributed by atoms with E-state index in [1.54, 1.807) is 30.1 Å². The predicted molar refractivity (Wildman–Crippen MR) is 121 cm³/mol. The van der Waals surface area contributed by atoms with E-state index in [-0.39, 0.29) is 16.8 Å². The van der Waals surface area contributed by atoms with E-state index in [1.807, 2.05) is 6.92 Å². The lowest BCUT2D eigenvalue weighted by molar-refractivity contribution is 0.167. The Labute approximate surface area is 192 Å². The second-order valence-electron chi connectivity index (χ2n) is 8.21. The molecule has 4 N–H and O–H groups in total. The maximum atomic E-state index is 15.3. The van der Waals surface area contributed by atoms with Crippen molar-refractivity contribution >= 4 is 39.7 Å². The zero-order chi connectivity index (χ0) is 23.3. The smallest absolute Gasteiger partial charge is 0.167 e. The number of imidazole rings is 1. The molecule has 0 aliphatic heterocycles. The van der Waals surface area contributed by atoms with Crippen molar-refractivity contribution in [3.63, 3.8) is 0 Å².